The first-order valence-electron chi connectivity index (χ1n) is 5.18. The highest BCUT2D eigenvalue weighted by atomic mass is 14.0. The third kappa shape index (κ3) is 3.99. The molecule has 70 valence electrons. The van der Waals surface area contributed by atoms with Crippen LogP contribution >= 0.6 is 0 Å². The molecular formula is C13H18. The Labute approximate surface area is 81.7 Å². The topological polar surface area (TPSA) is 0 Å². The zero-order chi connectivity index (χ0) is 9.52. The molecule has 0 heterocycles. The maximum atomic E-state index is 3.24. The van der Waals surface area contributed by atoms with Crippen molar-refractivity contribution in [1.29, 1.82) is 0 Å². The monoisotopic (exact) mass is 174 g/mol. The predicted octanol–water partition coefficient (Wildman–Crippen LogP) is 3.85. The lowest BCUT2D eigenvalue weighted by atomic mass is 10.00. The van der Waals surface area contributed by atoms with E-state index in [9.17, 15) is 0 Å². The zero-order valence-electron chi connectivity index (χ0n) is 8.69. The molecule has 0 atom stereocenters. The molecule has 0 aliphatic heterocycles. The van der Waals surface area contributed by atoms with Crippen molar-refractivity contribution in [1.82, 2.24) is 0 Å². The number of rotatable bonds is 2. The van der Waals surface area contributed by atoms with Gasteiger partial charge < -0.3 is 0 Å². The SMILES string of the molecule is CCCCC#CC1=CC=C(C)CC1. The maximum absolute atomic E-state index is 3.24. The fourth-order valence-electron chi connectivity index (χ4n) is 1.29. The van der Waals surface area contributed by atoms with Gasteiger partial charge >= 0.3 is 0 Å². The van der Waals surface area contributed by atoms with Crippen LogP contribution in [0.1, 0.15) is 46.0 Å². The van der Waals surface area contributed by atoms with Crippen molar-refractivity contribution < 1.29 is 0 Å². The summed E-state index contributed by atoms with van der Waals surface area (Å²) in [4.78, 5) is 0. The van der Waals surface area contributed by atoms with E-state index in [0.717, 1.165) is 12.8 Å². The molecule has 0 amide bonds. The average molecular weight is 174 g/mol. The minimum absolute atomic E-state index is 1.05. The Bertz CT molecular complexity index is 268. The first-order chi connectivity index (χ1) is 6.33. The summed E-state index contributed by atoms with van der Waals surface area (Å²) in [5.41, 5.74) is 2.78. The Balaban J connectivity index is 2.39. The van der Waals surface area contributed by atoms with Gasteiger partial charge in [-0.15, -0.1) is 0 Å². The van der Waals surface area contributed by atoms with Gasteiger partial charge in [0.15, 0.2) is 0 Å². The molecule has 0 saturated carbocycles. The lowest BCUT2D eigenvalue weighted by Gasteiger charge is -2.05. The second-order valence-electron chi connectivity index (χ2n) is 3.61. The van der Waals surface area contributed by atoms with Crippen molar-refractivity contribution in [2.75, 3.05) is 0 Å². The predicted molar refractivity (Wildman–Crippen MR) is 58.4 cm³/mol. The van der Waals surface area contributed by atoms with Crippen molar-refractivity contribution in [3.8, 4) is 11.8 Å². The summed E-state index contributed by atoms with van der Waals surface area (Å²) in [6, 6.07) is 0. The molecular weight excluding hydrogens is 156 g/mol. The van der Waals surface area contributed by atoms with Gasteiger partial charge in [-0.1, -0.05) is 42.9 Å². The summed E-state index contributed by atoms with van der Waals surface area (Å²) >= 11 is 0. The molecule has 0 aromatic carbocycles. The summed E-state index contributed by atoms with van der Waals surface area (Å²) in [6.45, 7) is 4.38. The molecule has 1 aliphatic carbocycles. The Morgan fingerprint density at radius 1 is 1.31 bits per heavy atom. The normalized spacial score (nSPS) is 15.5. The number of hydrogen-bond acceptors (Lipinski definition) is 0. The summed E-state index contributed by atoms with van der Waals surface area (Å²) < 4.78 is 0. The quantitative estimate of drug-likeness (QED) is 0.440. The maximum Gasteiger partial charge on any atom is 0.00922 e. The molecule has 1 aliphatic rings. The van der Waals surface area contributed by atoms with Gasteiger partial charge in [0.05, 0.1) is 0 Å². The molecule has 0 unspecified atom stereocenters. The van der Waals surface area contributed by atoms with E-state index in [-0.39, 0.29) is 0 Å². The zero-order valence-corrected chi connectivity index (χ0v) is 8.69. The minimum Gasteiger partial charge on any atom is -0.0982 e. The largest absolute Gasteiger partial charge is 0.0982 e. The van der Waals surface area contributed by atoms with Gasteiger partial charge in [-0.25, -0.2) is 0 Å². The lowest BCUT2D eigenvalue weighted by molar-refractivity contribution is 0.827. The molecule has 0 saturated heterocycles. The Hall–Kier alpha value is -0.960. The van der Waals surface area contributed by atoms with E-state index in [1.54, 1.807) is 0 Å². The third-order valence-corrected chi connectivity index (χ3v) is 2.26. The van der Waals surface area contributed by atoms with Crippen LogP contribution in [0.25, 0.3) is 0 Å². The van der Waals surface area contributed by atoms with E-state index >= 15 is 0 Å². The van der Waals surface area contributed by atoms with E-state index in [4.69, 9.17) is 0 Å². The van der Waals surface area contributed by atoms with Gasteiger partial charge in [-0.3, -0.25) is 0 Å². The smallest absolute Gasteiger partial charge is 0.00922 e. The third-order valence-electron chi connectivity index (χ3n) is 2.26. The Kier molecular flexibility index (Phi) is 4.40. The average Bonchev–Trinajstić information content (AvgIpc) is 2.15. The highest BCUT2D eigenvalue weighted by molar-refractivity contribution is 5.36. The van der Waals surface area contributed by atoms with Gasteiger partial charge in [0.1, 0.15) is 0 Å². The Morgan fingerprint density at radius 3 is 2.77 bits per heavy atom. The van der Waals surface area contributed by atoms with E-state index in [1.807, 2.05) is 0 Å². The highest BCUT2D eigenvalue weighted by Crippen LogP contribution is 2.16. The van der Waals surface area contributed by atoms with Crippen LogP contribution < -0.4 is 0 Å². The van der Waals surface area contributed by atoms with E-state index < -0.39 is 0 Å². The van der Waals surface area contributed by atoms with Gasteiger partial charge in [0.2, 0.25) is 0 Å². The molecule has 1 rings (SSSR count). The summed E-state index contributed by atoms with van der Waals surface area (Å²) in [6.07, 6.45) is 10.2. The molecule has 0 aromatic rings. The van der Waals surface area contributed by atoms with Crippen molar-refractivity contribution >= 4 is 0 Å². The summed E-state index contributed by atoms with van der Waals surface area (Å²) in [7, 11) is 0. The second kappa shape index (κ2) is 5.65. The van der Waals surface area contributed by atoms with Crippen molar-refractivity contribution in [2.45, 2.75) is 46.0 Å². The first-order valence-corrected chi connectivity index (χ1v) is 5.18. The molecule has 0 fully saturated rings. The number of allylic oxidation sites excluding steroid dienone is 4. The lowest BCUT2D eigenvalue weighted by Crippen LogP contribution is -1.88. The van der Waals surface area contributed by atoms with Gasteiger partial charge in [-0.05, 0) is 26.2 Å². The molecule has 0 radical (unpaired) electrons. The number of hydrogen-bond donors (Lipinski definition) is 0. The van der Waals surface area contributed by atoms with Crippen LogP contribution in [0.5, 0.6) is 0 Å². The van der Waals surface area contributed by atoms with Crippen LogP contribution in [-0.4, -0.2) is 0 Å². The molecule has 0 bridgehead atoms. The first kappa shape index (κ1) is 10.1. The van der Waals surface area contributed by atoms with Crippen LogP contribution in [0, 0.1) is 11.8 Å². The fourth-order valence-corrected chi connectivity index (χ4v) is 1.29. The van der Waals surface area contributed by atoms with Crippen molar-refractivity contribution in [3.05, 3.63) is 23.3 Å². The van der Waals surface area contributed by atoms with E-state index in [1.165, 1.54) is 30.4 Å². The molecule has 0 N–H and O–H groups in total. The van der Waals surface area contributed by atoms with Crippen molar-refractivity contribution in [2.24, 2.45) is 0 Å². The molecule has 13 heavy (non-hydrogen) atoms. The highest BCUT2D eigenvalue weighted by Gasteiger charge is 1.99. The van der Waals surface area contributed by atoms with Crippen LogP contribution in [0.4, 0.5) is 0 Å². The fraction of sp³-hybridized carbons (Fsp3) is 0.538. The van der Waals surface area contributed by atoms with Crippen LogP contribution in [0.15, 0.2) is 23.3 Å². The molecule has 0 spiro atoms. The van der Waals surface area contributed by atoms with E-state index in [0.29, 0.717) is 0 Å². The molecule has 0 nitrogen and oxygen atoms in total. The van der Waals surface area contributed by atoms with Crippen LogP contribution in [-0.2, 0) is 0 Å². The van der Waals surface area contributed by atoms with Crippen LogP contribution in [0.2, 0.25) is 0 Å². The van der Waals surface area contributed by atoms with Gasteiger partial charge in [0, 0.05) is 12.0 Å². The standard InChI is InChI=1S/C13H18/c1-3-4-5-6-7-13-10-8-12(2)9-11-13/h8,10H,3-5,9,11H2,1-2H3. The van der Waals surface area contributed by atoms with E-state index in [2.05, 4.69) is 37.8 Å². The summed E-state index contributed by atoms with van der Waals surface area (Å²) in [5.74, 6) is 6.47. The Morgan fingerprint density at radius 2 is 2.15 bits per heavy atom. The minimum atomic E-state index is 1.05. The van der Waals surface area contributed by atoms with Gasteiger partial charge in [0.25, 0.3) is 0 Å². The number of unbranched alkanes of at least 4 members (excludes halogenated alkanes) is 2. The second-order valence-corrected chi connectivity index (χ2v) is 3.61. The summed E-state index contributed by atoms with van der Waals surface area (Å²) in [5, 5.41) is 0. The van der Waals surface area contributed by atoms with Crippen molar-refractivity contribution in [3.63, 3.8) is 0 Å². The van der Waals surface area contributed by atoms with Gasteiger partial charge in [-0.2, -0.15) is 0 Å². The molecule has 0 heteroatoms. The van der Waals surface area contributed by atoms with Crippen LogP contribution in [0.3, 0.4) is 0 Å². The molecule has 0 aromatic heterocycles.